The van der Waals surface area contributed by atoms with Crippen LogP contribution in [0.4, 0.5) is 14.5 Å². The first-order valence-electron chi connectivity index (χ1n) is 6.10. The number of aromatic nitrogens is 2. The van der Waals surface area contributed by atoms with E-state index in [1.54, 1.807) is 18.4 Å². The molecule has 0 spiro atoms. The van der Waals surface area contributed by atoms with Gasteiger partial charge in [0.25, 0.3) is 17.4 Å². The van der Waals surface area contributed by atoms with Crippen molar-refractivity contribution in [2.75, 3.05) is 5.32 Å². The molecule has 0 aliphatic carbocycles. The molecule has 9 heteroatoms. The number of carbonyl (C=O) groups excluding carboxylic acids is 1. The van der Waals surface area contributed by atoms with Gasteiger partial charge in [-0.15, -0.1) is 11.3 Å². The van der Waals surface area contributed by atoms with Crippen LogP contribution in [0.5, 0.6) is 0 Å². The van der Waals surface area contributed by atoms with Gasteiger partial charge in [-0.25, -0.2) is 4.98 Å². The highest BCUT2D eigenvalue weighted by molar-refractivity contribution is 7.99. The molecule has 0 bridgehead atoms. The van der Waals surface area contributed by atoms with E-state index in [0.717, 1.165) is 11.3 Å². The standard InChI is InChI=1S/C13H9F2N3O2S2/c1-6-8-4-7(5-16-12(8)20-18-6)17-11(19)10-9(2-3-21-10)22-13(14)15/h2-5,13H,1H3,(H,17,19). The lowest BCUT2D eigenvalue weighted by Crippen LogP contribution is -2.11. The zero-order valence-electron chi connectivity index (χ0n) is 11.2. The highest BCUT2D eigenvalue weighted by Crippen LogP contribution is 2.32. The summed E-state index contributed by atoms with van der Waals surface area (Å²) in [6, 6.07) is 3.18. The van der Waals surface area contributed by atoms with Crippen molar-refractivity contribution in [1.29, 1.82) is 0 Å². The number of hydrogen-bond donors (Lipinski definition) is 1. The minimum absolute atomic E-state index is 0.243. The maximum absolute atomic E-state index is 12.5. The normalized spacial score (nSPS) is 11.3. The first-order chi connectivity index (χ1) is 10.5. The number of hydrogen-bond acceptors (Lipinski definition) is 6. The molecule has 0 saturated heterocycles. The van der Waals surface area contributed by atoms with Gasteiger partial charge in [0.05, 0.1) is 23.0 Å². The van der Waals surface area contributed by atoms with E-state index in [-0.39, 0.29) is 9.77 Å². The number of anilines is 1. The van der Waals surface area contributed by atoms with Gasteiger partial charge in [-0.05, 0) is 24.4 Å². The number of rotatable bonds is 4. The predicted octanol–water partition coefficient (Wildman–Crippen LogP) is 4.16. The number of alkyl halides is 2. The molecule has 5 nitrogen and oxygen atoms in total. The van der Waals surface area contributed by atoms with Gasteiger partial charge in [-0.1, -0.05) is 16.9 Å². The number of halogens is 2. The van der Waals surface area contributed by atoms with Crippen LogP contribution in [0.25, 0.3) is 11.1 Å². The van der Waals surface area contributed by atoms with Crippen molar-refractivity contribution in [2.24, 2.45) is 0 Å². The van der Waals surface area contributed by atoms with E-state index in [4.69, 9.17) is 4.52 Å². The second kappa shape index (κ2) is 6.01. The van der Waals surface area contributed by atoms with Crippen molar-refractivity contribution >= 4 is 45.8 Å². The topological polar surface area (TPSA) is 68.0 Å². The van der Waals surface area contributed by atoms with Crippen LogP contribution in [-0.4, -0.2) is 21.8 Å². The fourth-order valence-corrected chi connectivity index (χ4v) is 3.45. The Hall–Kier alpha value is -2.00. The van der Waals surface area contributed by atoms with Crippen molar-refractivity contribution < 1.29 is 18.1 Å². The van der Waals surface area contributed by atoms with E-state index in [0.29, 0.717) is 34.2 Å². The van der Waals surface area contributed by atoms with Gasteiger partial charge in [0.1, 0.15) is 4.88 Å². The van der Waals surface area contributed by atoms with Crippen LogP contribution < -0.4 is 5.32 Å². The van der Waals surface area contributed by atoms with E-state index in [1.165, 1.54) is 12.3 Å². The fraction of sp³-hybridized carbons (Fsp3) is 0.154. The Kier molecular flexibility index (Phi) is 4.08. The number of amides is 1. The summed E-state index contributed by atoms with van der Waals surface area (Å²) in [6.07, 6.45) is 1.43. The quantitative estimate of drug-likeness (QED) is 0.722. The largest absolute Gasteiger partial charge is 0.336 e. The summed E-state index contributed by atoms with van der Waals surface area (Å²) in [6.45, 7) is 1.76. The van der Waals surface area contributed by atoms with Gasteiger partial charge < -0.3 is 9.84 Å². The lowest BCUT2D eigenvalue weighted by atomic mass is 10.2. The van der Waals surface area contributed by atoms with Gasteiger partial charge in [-0.2, -0.15) is 8.78 Å². The molecule has 0 atom stereocenters. The minimum Gasteiger partial charge on any atom is -0.336 e. The average molecular weight is 341 g/mol. The Labute approximate surface area is 131 Å². The predicted molar refractivity (Wildman–Crippen MR) is 80.7 cm³/mol. The van der Waals surface area contributed by atoms with Crippen molar-refractivity contribution in [3.05, 3.63) is 34.3 Å². The molecule has 0 radical (unpaired) electrons. The number of nitrogens with zero attached hydrogens (tertiary/aromatic N) is 2. The summed E-state index contributed by atoms with van der Waals surface area (Å²) in [7, 11) is 0. The lowest BCUT2D eigenvalue weighted by Gasteiger charge is -2.05. The average Bonchev–Trinajstić information content (AvgIpc) is 3.06. The summed E-state index contributed by atoms with van der Waals surface area (Å²) in [5.74, 6) is -3.02. The smallest absolute Gasteiger partial charge is 0.288 e. The van der Waals surface area contributed by atoms with E-state index in [9.17, 15) is 13.6 Å². The second-order valence-electron chi connectivity index (χ2n) is 4.29. The number of carbonyl (C=O) groups is 1. The van der Waals surface area contributed by atoms with Gasteiger partial charge in [0.15, 0.2) is 0 Å². The van der Waals surface area contributed by atoms with Crippen LogP contribution in [0.1, 0.15) is 15.4 Å². The Balaban J connectivity index is 1.83. The fourth-order valence-electron chi connectivity index (χ4n) is 1.85. The molecule has 0 saturated carbocycles. The third-order valence-corrected chi connectivity index (χ3v) is 4.63. The Morgan fingerprint density at radius 3 is 3.09 bits per heavy atom. The van der Waals surface area contributed by atoms with Gasteiger partial charge in [0, 0.05) is 4.90 Å². The van der Waals surface area contributed by atoms with Gasteiger partial charge in [-0.3, -0.25) is 4.79 Å². The SMILES string of the molecule is Cc1noc2ncc(NC(=O)c3sccc3SC(F)F)cc12. The molecule has 0 aliphatic heterocycles. The Bertz CT molecular complexity index is 832. The van der Waals surface area contributed by atoms with Crippen LogP contribution in [0.2, 0.25) is 0 Å². The second-order valence-corrected chi connectivity index (χ2v) is 6.24. The van der Waals surface area contributed by atoms with Crippen LogP contribution in [0.3, 0.4) is 0 Å². The van der Waals surface area contributed by atoms with Crippen molar-refractivity contribution in [3.8, 4) is 0 Å². The van der Waals surface area contributed by atoms with E-state index in [2.05, 4.69) is 15.5 Å². The highest BCUT2D eigenvalue weighted by Gasteiger charge is 2.18. The van der Waals surface area contributed by atoms with Crippen LogP contribution in [-0.2, 0) is 0 Å². The third-order valence-electron chi connectivity index (χ3n) is 2.82. The summed E-state index contributed by atoms with van der Waals surface area (Å²) < 4.78 is 29.9. The van der Waals surface area contributed by atoms with Crippen molar-refractivity contribution in [3.63, 3.8) is 0 Å². The maximum atomic E-state index is 12.5. The number of aryl methyl sites for hydroxylation is 1. The monoisotopic (exact) mass is 341 g/mol. The van der Waals surface area contributed by atoms with Gasteiger partial charge in [0.2, 0.25) is 0 Å². The molecule has 0 unspecified atom stereocenters. The molecule has 22 heavy (non-hydrogen) atoms. The first-order valence-corrected chi connectivity index (χ1v) is 7.86. The molecule has 0 aliphatic rings. The molecular weight excluding hydrogens is 332 g/mol. The number of thioether (sulfide) groups is 1. The zero-order valence-corrected chi connectivity index (χ0v) is 12.8. The summed E-state index contributed by atoms with van der Waals surface area (Å²) in [5.41, 5.74) is 1.48. The van der Waals surface area contributed by atoms with E-state index in [1.807, 2.05) is 0 Å². The van der Waals surface area contributed by atoms with E-state index < -0.39 is 11.7 Å². The molecule has 3 aromatic rings. The molecule has 3 rings (SSSR count). The molecular formula is C13H9F2N3O2S2. The van der Waals surface area contributed by atoms with Crippen molar-refractivity contribution in [1.82, 2.24) is 10.1 Å². The summed E-state index contributed by atoms with van der Waals surface area (Å²) >= 11 is 1.46. The first kappa shape index (κ1) is 14.9. The molecule has 114 valence electrons. The van der Waals surface area contributed by atoms with Crippen LogP contribution in [0.15, 0.2) is 33.1 Å². The molecule has 0 fully saturated rings. The van der Waals surface area contributed by atoms with Gasteiger partial charge >= 0.3 is 0 Å². The molecule has 3 heterocycles. The highest BCUT2D eigenvalue weighted by atomic mass is 32.2. The molecule has 3 aromatic heterocycles. The zero-order chi connectivity index (χ0) is 15.7. The minimum atomic E-state index is -2.57. The van der Waals surface area contributed by atoms with Crippen LogP contribution in [0, 0.1) is 6.92 Å². The number of thiophene rings is 1. The molecule has 1 amide bonds. The van der Waals surface area contributed by atoms with Crippen LogP contribution >= 0.6 is 23.1 Å². The Morgan fingerprint density at radius 2 is 2.32 bits per heavy atom. The molecule has 0 aromatic carbocycles. The maximum Gasteiger partial charge on any atom is 0.288 e. The van der Waals surface area contributed by atoms with Crippen molar-refractivity contribution in [2.45, 2.75) is 17.6 Å². The summed E-state index contributed by atoms with van der Waals surface area (Å²) in [4.78, 5) is 16.8. The lowest BCUT2D eigenvalue weighted by molar-refractivity contribution is 0.102. The summed E-state index contributed by atoms with van der Waals surface area (Å²) in [5, 5.41) is 8.71. The molecule has 1 N–H and O–H groups in total. The number of fused-ring (bicyclic) bond motifs is 1. The van der Waals surface area contributed by atoms with E-state index >= 15 is 0 Å². The number of pyridine rings is 1. The third kappa shape index (κ3) is 2.95. The Morgan fingerprint density at radius 1 is 1.50 bits per heavy atom. The number of nitrogens with one attached hydrogen (secondary N) is 1.